The zero-order valence-electron chi connectivity index (χ0n) is 32.6. The Morgan fingerprint density at radius 1 is 0.740 bits per heavy atom. The number of rotatable bonds is 22. The topological polar surface area (TPSA) is 111 Å². The molecule has 2 N–H and O–H groups in total. The number of carboxylic acid groups (broad SMARTS) is 1. The first-order valence-electron chi connectivity index (χ1n) is 18.8. The molecule has 2 rings (SSSR count). The van der Waals surface area contributed by atoms with Crippen molar-refractivity contribution >= 4 is 18.0 Å². The quantitative estimate of drug-likeness (QED) is 0.0930. The van der Waals surface area contributed by atoms with E-state index in [9.17, 15) is 19.5 Å². The predicted molar refractivity (Wildman–Crippen MR) is 203 cm³/mol. The van der Waals surface area contributed by atoms with Gasteiger partial charge in [0.15, 0.2) is 0 Å². The van der Waals surface area contributed by atoms with Gasteiger partial charge in [-0.3, -0.25) is 9.59 Å². The van der Waals surface area contributed by atoms with Gasteiger partial charge in [-0.25, -0.2) is 4.79 Å². The number of alkyl carbamates (subject to hydrolysis) is 1. The maximum absolute atomic E-state index is 12.5. The summed E-state index contributed by atoms with van der Waals surface area (Å²) in [4.78, 5) is 37.4. The van der Waals surface area contributed by atoms with Crippen LogP contribution in [0.25, 0.3) is 0 Å². The molecule has 0 radical (unpaired) electrons. The standard InChI is InChI=1S/C32H45NO7.C10H22/c1-8-23(27(34)38-9-2)21-32(7,28(35)36)22-30(3,4)24-14-13-15-25(20-24)31(5,6)33-29(37)40-19-18-39-26-16-11-10-12-17-26;1-3-5-7-9-10-8-6-4-2/h10-17,20,23H,8-9,18-19,21-22H2,1-7H3,(H,33,37)(H,35,36);3-10H2,1-2H3. The number of ether oxygens (including phenoxy) is 3. The number of para-hydroxylation sites is 1. The maximum atomic E-state index is 12.5. The highest BCUT2D eigenvalue weighted by Crippen LogP contribution is 2.42. The molecule has 0 aliphatic heterocycles. The average molecular weight is 698 g/mol. The van der Waals surface area contributed by atoms with Gasteiger partial charge in [-0.05, 0) is 75.6 Å². The Balaban J connectivity index is 0.00000108. The molecule has 0 aliphatic carbocycles. The van der Waals surface area contributed by atoms with E-state index >= 15 is 0 Å². The lowest BCUT2D eigenvalue weighted by Crippen LogP contribution is -2.42. The summed E-state index contributed by atoms with van der Waals surface area (Å²) in [6.45, 7) is 18.2. The van der Waals surface area contributed by atoms with Gasteiger partial charge < -0.3 is 24.6 Å². The Labute approximate surface area is 303 Å². The molecule has 0 bridgehead atoms. The molecule has 0 saturated carbocycles. The lowest BCUT2D eigenvalue weighted by molar-refractivity contribution is -0.155. The third-order valence-electron chi connectivity index (χ3n) is 9.22. The first-order chi connectivity index (χ1) is 23.7. The molecule has 0 spiro atoms. The summed E-state index contributed by atoms with van der Waals surface area (Å²) in [6.07, 6.45) is 11.9. The van der Waals surface area contributed by atoms with Crippen molar-refractivity contribution in [1.82, 2.24) is 5.32 Å². The van der Waals surface area contributed by atoms with E-state index in [0.29, 0.717) is 18.6 Å². The van der Waals surface area contributed by atoms with Crippen molar-refractivity contribution < 1.29 is 33.7 Å². The minimum Gasteiger partial charge on any atom is -0.490 e. The Bertz CT molecular complexity index is 1250. The SMILES string of the molecule is CCCCCCCCCC.CCOC(=O)C(CC)CC(C)(CC(C)(C)c1cccc(C(C)(C)NC(=O)OCCOc2ccccc2)c1)C(=O)O. The fourth-order valence-electron chi connectivity index (χ4n) is 6.22. The van der Waals surface area contributed by atoms with Gasteiger partial charge in [0.1, 0.15) is 19.0 Å². The Hall–Kier alpha value is -3.55. The van der Waals surface area contributed by atoms with E-state index in [4.69, 9.17) is 14.2 Å². The molecule has 0 aliphatic rings. The van der Waals surface area contributed by atoms with Crippen LogP contribution >= 0.6 is 0 Å². The number of amides is 1. The Morgan fingerprint density at radius 3 is 1.86 bits per heavy atom. The van der Waals surface area contributed by atoms with E-state index in [1.165, 1.54) is 51.4 Å². The number of carboxylic acids is 1. The highest BCUT2D eigenvalue weighted by Gasteiger charge is 2.43. The second-order valence-electron chi connectivity index (χ2n) is 14.7. The van der Waals surface area contributed by atoms with E-state index in [1.54, 1.807) is 13.8 Å². The smallest absolute Gasteiger partial charge is 0.407 e. The normalized spacial score (nSPS) is 13.2. The Kier molecular flexibility index (Phi) is 20.5. The van der Waals surface area contributed by atoms with Gasteiger partial charge in [-0.2, -0.15) is 0 Å². The highest BCUT2D eigenvalue weighted by molar-refractivity contribution is 5.77. The fraction of sp³-hybridized carbons (Fsp3) is 0.643. The van der Waals surface area contributed by atoms with E-state index in [-0.39, 0.29) is 32.2 Å². The van der Waals surface area contributed by atoms with Crippen LogP contribution in [0.4, 0.5) is 4.79 Å². The number of esters is 1. The minimum absolute atomic E-state index is 0.0994. The highest BCUT2D eigenvalue weighted by atomic mass is 16.6. The van der Waals surface area contributed by atoms with Crippen molar-refractivity contribution in [2.45, 2.75) is 144 Å². The average Bonchev–Trinajstić information content (AvgIpc) is 3.07. The molecule has 1 amide bonds. The van der Waals surface area contributed by atoms with Crippen molar-refractivity contribution in [3.63, 3.8) is 0 Å². The van der Waals surface area contributed by atoms with Gasteiger partial charge >= 0.3 is 18.0 Å². The van der Waals surface area contributed by atoms with Crippen LogP contribution in [-0.4, -0.2) is 43.0 Å². The van der Waals surface area contributed by atoms with Crippen LogP contribution < -0.4 is 10.1 Å². The molecule has 2 atom stereocenters. The molecule has 2 unspecified atom stereocenters. The summed E-state index contributed by atoms with van der Waals surface area (Å²) in [7, 11) is 0. The largest absolute Gasteiger partial charge is 0.490 e. The van der Waals surface area contributed by atoms with Crippen LogP contribution in [0.2, 0.25) is 0 Å². The van der Waals surface area contributed by atoms with Gasteiger partial charge in [-0.15, -0.1) is 0 Å². The first kappa shape index (κ1) is 44.5. The summed E-state index contributed by atoms with van der Waals surface area (Å²) in [5, 5.41) is 13.1. The van der Waals surface area contributed by atoms with Crippen molar-refractivity contribution in [1.29, 1.82) is 0 Å². The zero-order valence-corrected chi connectivity index (χ0v) is 32.6. The molecule has 0 heterocycles. The van der Waals surface area contributed by atoms with E-state index < -0.39 is 34.3 Å². The summed E-state index contributed by atoms with van der Waals surface area (Å²) in [5.41, 5.74) is -0.656. The third kappa shape index (κ3) is 16.4. The van der Waals surface area contributed by atoms with Crippen LogP contribution in [-0.2, 0) is 30.0 Å². The number of benzene rings is 2. The molecular weight excluding hydrogens is 630 g/mol. The molecule has 8 heteroatoms. The van der Waals surface area contributed by atoms with Gasteiger partial charge in [0, 0.05) is 0 Å². The van der Waals surface area contributed by atoms with Crippen LogP contribution in [0.3, 0.4) is 0 Å². The van der Waals surface area contributed by atoms with Gasteiger partial charge in [0.2, 0.25) is 0 Å². The Morgan fingerprint density at radius 2 is 1.32 bits per heavy atom. The van der Waals surface area contributed by atoms with E-state index in [2.05, 4.69) is 19.2 Å². The summed E-state index contributed by atoms with van der Waals surface area (Å²) < 4.78 is 16.1. The number of unbranched alkanes of at least 4 members (excludes halogenated alkanes) is 7. The molecule has 2 aromatic rings. The van der Waals surface area contributed by atoms with Crippen molar-refractivity contribution in [2.24, 2.45) is 11.3 Å². The number of hydrogen-bond donors (Lipinski definition) is 2. The van der Waals surface area contributed by atoms with Gasteiger partial charge in [-0.1, -0.05) is 128 Å². The summed E-state index contributed by atoms with van der Waals surface area (Å²) >= 11 is 0. The monoisotopic (exact) mass is 697 g/mol. The van der Waals surface area contributed by atoms with Gasteiger partial charge in [0.25, 0.3) is 0 Å². The second kappa shape index (κ2) is 23.0. The van der Waals surface area contributed by atoms with Crippen molar-refractivity contribution in [3.05, 3.63) is 65.7 Å². The molecule has 2 aromatic carbocycles. The number of carbonyl (C=O) groups excluding carboxylic acids is 2. The van der Waals surface area contributed by atoms with E-state index in [0.717, 1.165) is 11.1 Å². The van der Waals surface area contributed by atoms with Gasteiger partial charge in [0.05, 0.1) is 23.5 Å². The molecule has 0 saturated heterocycles. The summed E-state index contributed by atoms with van der Waals surface area (Å²) in [6, 6.07) is 17.1. The number of aliphatic carboxylic acids is 1. The lowest BCUT2D eigenvalue weighted by Gasteiger charge is -2.37. The van der Waals surface area contributed by atoms with Crippen LogP contribution in [0.15, 0.2) is 54.6 Å². The summed E-state index contributed by atoms with van der Waals surface area (Å²) in [5.74, 6) is -1.09. The second-order valence-corrected chi connectivity index (χ2v) is 14.7. The predicted octanol–water partition coefficient (Wildman–Crippen LogP) is 10.6. The number of hydrogen-bond acceptors (Lipinski definition) is 6. The minimum atomic E-state index is -1.15. The molecule has 0 aromatic heterocycles. The molecule has 282 valence electrons. The third-order valence-corrected chi connectivity index (χ3v) is 9.22. The maximum Gasteiger partial charge on any atom is 0.407 e. The molecule has 0 fully saturated rings. The first-order valence-corrected chi connectivity index (χ1v) is 18.8. The van der Waals surface area contributed by atoms with Crippen LogP contribution in [0.1, 0.15) is 144 Å². The van der Waals surface area contributed by atoms with Crippen LogP contribution in [0.5, 0.6) is 5.75 Å². The molecular formula is C42H67NO7. The zero-order chi connectivity index (χ0) is 37.6. The lowest BCUT2D eigenvalue weighted by atomic mass is 9.66. The van der Waals surface area contributed by atoms with Crippen LogP contribution in [0, 0.1) is 11.3 Å². The van der Waals surface area contributed by atoms with Crippen molar-refractivity contribution in [2.75, 3.05) is 19.8 Å². The number of carbonyl (C=O) groups is 3. The van der Waals surface area contributed by atoms with Crippen molar-refractivity contribution in [3.8, 4) is 5.75 Å². The molecule has 8 nitrogen and oxygen atoms in total. The molecule has 50 heavy (non-hydrogen) atoms. The number of nitrogens with one attached hydrogen (secondary N) is 1. The van der Waals surface area contributed by atoms with E-state index in [1.807, 2.05) is 89.2 Å². The fourth-order valence-corrected chi connectivity index (χ4v) is 6.22.